The molecule has 2 aliphatic rings. The molecule has 144 valence electrons. The van der Waals surface area contributed by atoms with Crippen LogP contribution in [-0.2, 0) is 6.54 Å². The highest BCUT2D eigenvalue weighted by atomic mass is 79.9. The van der Waals surface area contributed by atoms with Crippen LogP contribution in [0.1, 0.15) is 75.6 Å². The summed E-state index contributed by atoms with van der Waals surface area (Å²) < 4.78 is 3.55. The standard InChI is InChI=1S/C22H33BrN2O/c1-3-4-7-18-10-14-24(15-11-18)12-6-13-25-16-20(17(2)26)19-8-5-9-21(23)22(19)25/h8,16,18H,3-7,9-15H2,1-2H3. The van der Waals surface area contributed by atoms with Crippen LogP contribution < -0.4 is 10.6 Å². The first-order chi connectivity index (χ1) is 12.6. The molecule has 3 rings (SSSR count). The van der Waals surface area contributed by atoms with Gasteiger partial charge in [-0.25, -0.2) is 0 Å². The molecule has 1 aromatic rings. The molecule has 1 aliphatic carbocycles. The lowest BCUT2D eigenvalue weighted by Crippen LogP contribution is -2.36. The molecule has 1 fully saturated rings. The third-order valence-electron chi connectivity index (χ3n) is 6.01. The highest BCUT2D eigenvalue weighted by Crippen LogP contribution is 2.22. The molecule has 0 saturated carbocycles. The number of carbonyl (C=O) groups is 1. The van der Waals surface area contributed by atoms with Gasteiger partial charge in [0.15, 0.2) is 5.78 Å². The highest BCUT2D eigenvalue weighted by molar-refractivity contribution is 9.14. The van der Waals surface area contributed by atoms with Crippen LogP contribution in [0.3, 0.4) is 0 Å². The number of Topliss-reactive ketones (excluding diaryl/α,β-unsaturated/α-hetero) is 1. The average molecular weight is 421 g/mol. The minimum atomic E-state index is 0.174. The van der Waals surface area contributed by atoms with Crippen molar-refractivity contribution in [3.63, 3.8) is 0 Å². The Bertz CT molecular complexity index is 741. The fourth-order valence-electron chi connectivity index (χ4n) is 4.46. The lowest BCUT2D eigenvalue weighted by molar-refractivity contribution is 0.101. The topological polar surface area (TPSA) is 25.2 Å². The number of piperidine rings is 1. The SMILES string of the molecule is CCCCC1CCN(CCCn2cc(C(C)=O)c3c2=C(Br)CCC=3)CC1. The van der Waals surface area contributed by atoms with E-state index in [0.29, 0.717) is 0 Å². The van der Waals surface area contributed by atoms with Crippen molar-refractivity contribution in [3.05, 3.63) is 22.3 Å². The summed E-state index contributed by atoms with van der Waals surface area (Å²) in [4.78, 5) is 14.6. The van der Waals surface area contributed by atoms with Gasteiger partial charge in [-0.1, -0.05) is 48.2 Å². The zero-order valence-corrected chi connectivity index (χ0v) is 18.0. The number of unbranched alkanes of at least 4 members (excludes halogenated alkanes) is 1. The van der Waals surface area contributed by atoms with Crippen LogP contribution >= 0.6 is 15.9 Å². The van der Waals surface area contributed by atoms with E-state index in [9.17, 15) is 4.79 Å². The van der Waals surface area contributed by atoms with Crippen LogP contribution in [0, 0.1) is 5.92 Å². The third kappa shape index (κ3) is 4.69. The van der Waals surface area contributed by atoms with Gasteiger partial charge < -0.3 is 9.47 Å². The number of hydrogen-bond acceptors (Lipinski definition) is 2. The zero-order chi connectivity index (χ0) is 18.5. The zero-order valence-electron chi connectivity index (χ0n) is 16.4. The normalized spacial score (nSPS) is 18.7. The average Bonchev–Trinajstić information content (AvgIpc) is 3.01. The Kier molecular flexibility index (Phi) is 7.16. The lowest BCUT2D eigenvalue weighted by atomic mass is 9.91. The summed E-state index contributed by atoms with van der Waals surface area (Å²) in [5.41, 5.74) is 0.883. The summed E-state index contributed by atoms with van der Waals surface area (Å²) in [6.45, 7) is 8.67. The second-order valence-corrected chi connectivity index (χ2v) is 8.94. The predicted molar refractivity (Wildman–Crippen MR) is 113 cm³/mol. The van der Waals surface area contributed by atoms with Gasteiger partial charge in [0.05, 0.1) is 5.35 Å². The van der Waals surface area contributed by atoms with Crippen molar-refractivity contribution >= 4 is 32.3 Å². The molecular weight excluding hydrogens is 388 g/mol. The summed E-state index contributed by atoms with van der Waals surface area (Å²) in [5.74, 6) is 1.13. The van der Waals surface area contributed by atoms with Crippen molar-refractivity contribution in [2.75, 3.05) is 19.6 Å². The van der Waals surface area contributed by atoms with Gasteiger partial charge in [-0.15, -0.1) is 0 Å². The summed E-state index contributed by atoms with van der Waals surface area (Å²) in [6, 6.07) is 0. The Morgan fingerprint density at radius 2 is 2.00 bits per heavy atom. The second-order valence-electron chi connectivity index (χ2n) is 7.98. The number of halogens is 1. The minimum Gasteiger partial charge on any atom is -0.346 e. The third-order valence-corrected chi connectivity index (χ3v) is 6.78. The van der Waals surface area contributed by atoms with Crippen LogP contribution in [-0.4, -0.2) is 34.9 Å². The molecule has 0 amide bonds. The van der Waals surface area contributed by atoms with E-state index < -0.39 is 0 Å². The van der Waals surface area contributed by atoms with E-state index in [4.69, 9.17) is 0 Å². The smallest absolute Gasteiger partial charge is 0.161 e. The molecule has 0 atom stereocenters. The Balaban J connectivity index is 1.57. The minimum absolute atomic E-state index is 0.174. The van der Waals surface area contributed by atoms with E-state index in [1.165, 1.54) is 61.6 Å². The fourth-order valence-corrected chi connectivity index (χ4v) is 5.13. The number of fused-ring (bicyclic) bond motifs is 1. The number of likely N-dealkylation sites (tertiary alicyclic amines) is 1. The van der Waals surface area contributed by atoms with Gasteiger partial charge >= 0.3 is 0 Å². The molecule has 0 N–H and O–H groups in total. The molecule has 26 heavy (non-hydrogen) atoms. The molecule has 0 aromatic carbocycles. The summed E-state index contributed by atoms with van der Waals surface area (Å²) in [7, 11) is 0. The monoisotopic (exact) mass is 420 g/mol. The quantitative estimate of drug-likeness (QED) is 0.592. The molecule has 2 heterocycles. The molecule has 0 radical (unpaired) electrons. The molecule has 0 bridgehead atoms. The Morgan fingerprint density at radius 3 is 2.69 bits per heavy atom. The van der Waals surface area contributed by atoms with Crippen molar-refractivity contribution in [2.24, 2.45) is 5.92 Å². The largest absolute Gasteiger partial charge is 0.346 e. The van der Waals surface area contributed by atoms with E-state index in [1.54, 1.807) is 6.92 Å². The molecule has 0 unspecified atom stereocenters. The number of hydrogen-bond donors (Lipinski definition) is 0. The van der Waals surface area contributed by atoms with Gasteiger partial charge in [0, 0.05) is 28.0 Å². The summed E-state index contributed by atoms with van der Waals surface area (Å²) in [5, 5.41) is 2.38. The van der Waals surface area contributed by atoms with Crippen molar-refractivity contribution in [3.8, 4) is 0 Å². The van der Waals surface area contributed by atoms with E-state index in [1.807, 2.05) is 0 Å². The van der Waals surface area contributed by atoms with Crippen molar-refractivity contribution in [2.45, 2.75) is 71.8 Å². The first kappa shape index (κ1) is 19.9. The maximum atomic E-state index is 12.0. The van der Waals surface area contributed by atoms with Crippen LogP contribution in [0.15, 0.2) is 6.20 Å². The van der Waals surface area contributed by atoms with Crippen molar-refractivity contribution < 1.29 is 4.79 Å². The van der Waals surface area contributed by atoms with Crippen LogP contribution in [0.5, 0.6) is 0 Å². The first-order valence-electron chi connectivity index (χ1n) is 10.4. The molecule has 1 aliphatic heterocycles. The van der Waals surface area contributed by atoms with Crippen LogP contribution in [0.25, 0.3) is 10.6 Å². The molecule has 4 heteroatoms. The van der Waals surface area contributed by atoms with Crippen molar-refractivity contribution in [1.29, 1.82) is 0 Å². The molecule has 3 nitrogen and oxygen atoms in total. The fraction of sp³-hybridized carbons (Fsp3) is 0.682. The van der Waals surface area contributed by atoms with Gasteiger partial charge in [0.1, 0.15) is 0 Å². The van der Waals surface area contributed by atoms with E-state index in [0.717, 1.165) is 42.5 Å². The maximum absolute atomic E-state index is 12.0. The highest BCUT2D eigenvalue weighted by Gasteiger charge is 2.19. The van der Waals surface area contributed by atoms with Gasteiger partial charge in [-0.3, -0.25) is 4.79 Å². The van der Waals surface area contributed by atoms with E-state index >= 15 is 0 Å². The first-order valence-corrected chi connectivity index (χ1v) is 11.2. The van der Waals surface area contributed by atoms with Gasteiger partial charge in [0.25, 0.3) is 0 Å². The number of aryl methyl sites for hydroxylation is 1. The van der Waals surface area contributed by atoms with Crippen molar-refractivity contribution in [1.82, 2.24) is 9.47 Å². The predicted octanol–water partition coefficient (Wildman–Crippen LogP) is 4.06. The Hall–Kier alpha value is -0.870. The summed E-state index contributed by atoms with van der Waals surface area (Å²) >= 11 is 3.75. The Labute approximate surface area is 166 Å². The number of aromatic nitrogens is 1. The van der Waals surface area contributed by atoms with Gasteiger partial charge in [-0.05, 0) is 64.6 Å². The molecule has 1 saturated heterocycles. The van der Waals surface area contributed by atoms with Crippen LogP contribution in [0.2, 0.25) is 0 Å². The van der Waals surface area contributed by atoms with Crippen LogP contribution in [0.4, 0.5) is 0 Å². The molecular formula is C22H33BrN2O. The van der Waals surface area contributed by atoms with Gasteiger partial charge in [-0.2, -0.15) is 0 Å². The Morgan fingerprint density at radius 1 is 1.23 bits per heavy atom. The molecule has 1 aromatic heterocycles. The number of ketones is 1. The summed E-state index contributed by atoms with van der Waals surface area (Å²) in [6.07, 6.45) is 14.4. The number of rotatable bonds is 8. The van der Waals surface area contributed by atoms with E-state index in [2.05, 4.69) is 44.6 Å². The van der Waals surface area contributed by atoms with Gasteiger partial charge in [0.2, 0.25) is 0 Å². The van der Waals surface area contributed by atoms with E-state index in [-0.39, 0.29) is 5.78 Å². The number of nitrogens with zero attached hydrogens (tertiary/aromatic N) is 2. The lowest BCUT2D eigenvalue weighted by Gasteiger charge is -2.32. The molecule has 0 spiro atoms. The number of carbonyl (C=O) groups excluding carboxylic acids is 1. The second kappa shape index (κ2) is 9.36. The maximum Gasteiger partial charge on any atom is 0.161 e.